The van der Waals surface area contributed by atoms with Crippen molar-refractivity contribution in [1.29, 1.82) is 0 Å². The summed E-state index contributed by atoms with van der Waals surface area (Å²) >= 11 is 5.92. The summed E-state index contributed by atoms with van der Waals surface area (Å²) < 4.78 is 0. The van der Waals surface area contributed by atoms with Crippen molar-refractivity contribution >= 4 is 35.1 Å². The molecule has 0 aromatic heterocycles. The van der Waals surface area contributed by atoms with Gasteiger partial charge in [-0.15, -0.1) is 0 Å². The van der Waals surface area contributed by atoms with Gasteiger partial charge in [0.1, 0.15) is 5.41 Å². The molecule has 0 radical (unpaired) electrons. The van der Waals surface area contributed by atoms with Crippen LogP contribution in [0.3, 0.4) is 0 Å². The quantitative estimate of drug-likeness (QED) is 0.809. The van der Waals surface area contributed by atoms with Gasteiger partial charge in [0.25, 0.3) is 0 Å². The first-order valence-corrected chi connectivity index (χ1v) is 8.29. The van der Waals surface area contributed by atoms with Gasteiger partial charge in [-0.2, -0.15) is 0 Å². The summed E-state index contributed by atoms with van der Waals surface area (Å²) in [5.41, 5.74) is -0.470. The first-order valence-electron chi connectivity index (χ1n) is 7.91. The van der Waals surface area contributed by atoms with Crippen LogP contribution in [0.15, 0.2) is 29.3 Å². The van der Waals surface area contributed by atoms with E-state index in [1.807, 2.05) is 20.8 Å². The Morgan fingerprint density at radius 3 is 2.39 bits per heavy atom. The molecular weight excluding hydrogens is 314 g/mol. The second-order valence-corrected chi connectivity index (χ2v) is 6.30. The van der Waals surface area contributed by atoms with E-state index in [2.05, 4.69) is 15.6 Å². The number of aliphatic imine (C=N–C) groups is 1. The number of nitrogens with one attached hydrogen (secondary N) is 2. The van der Waals surface area contributed by atoms with Gasteiger partial charge < -0.3 is 0 Å². The van der Waals surface area contributed by atoms with E-state index in [-0.39, 0.29) is 23.7 Å². The Labute approximate surface area is 141 Å². The Morgan fingerprint density at radius 1 is 1.22 bits per heavy atom. The Morgan fingerprint density at radius 2 is 1.87 bits per heavy atom. The molecule has 0 unspecified atom stereocenters. The molecule has 1 aromatic carbocycles. The van der Waals surface area contributed by atoms with Gasteiger partial charge >= 0.3 is 0 Å². The zero-order valence-corrected chi connectivity index (χ0v) is 14.4. The number of guanidine groups is 1. The summed E-state index contributed by atoms with van der Waals surface area (Å²) in [4.78, 5) is 29.6. The lowest BCUT2D eigenvalue weighted by atomic mass is 9.70. The number of halogens is 1. The second kappa shape index (κ2) is 7.13. The molecule has 0 bridgehead atoms. The normalized spacial score (nSPS) is 22.3. The molecule has 1 aliphatic heterocycles. The molecule has 1 fully saturated rings. The molecule has 1 atom stereocenters. The Bertz CT molecular complexity index is 622. The minimum atomic E-state index is -1.04. The fraction of sp³-hybridized carbons (Fsp3) is 0.471. The summed E-state index contributed by atoms with van der Waals surface area (Å²) in [6.45, 7) is 5.86. The SMILES string of the molecule is CCC[C@H](C)C1(CC)C(=O)NC(=Nc2cccc(Cl)c2)NC1=O. The number of hydrogen-bond donors (Lipinski definition) is 2. The standard InChI is InChI=1S/C17H22ClN3O2/c1-4-7-11(3)17(5-2)14(22)20-16(21-15(17)23)19-13-9-6-8-12(18)10-13/h6,8-11H,4-5,7H2,1-3H3,(H2,19,20,21,22,23)/t11-/m0/s1. The van der Waals surface area contributed by atoms with E-state index < -0.39 is 5.41 Å². The first kappa shape index (κ1) is 17.5. The zero-order valence-electron chi connectivity index (χ0n) is 13.6. The lowest BCUT2D eigenvalue weighted by Crippen LogP contribution is -2.64. The van der Waals surface area contributed by atoms with Gasteiger partial charge in [-0.3, -0.25) is 20.2 Å². The molecule has 2 N–H and O–H groups in total. The molecule has 1 aromatic rings. The molecule has 124 valence electrons. The van der Waals surface area contributed by atoms with Crippen molar-refractivity contribution in [3.05, 3.63) is 29.3 Å². The lowest BCUT2D eigenvalue weighted by Gasteiger charge is -2.38. The van der Waals surface area contributed by atoms with E-state index in [9.17, 15) is 9.59 Å². The summed E-state index contributed by atoms with van der Waals surface area (Å²) in [7, 11) is 0. The molecular formula is C17H22ClN3O2. The van der Waals surface area contributed by atoms with E-state index in [1.54, 1.807) is 24.3 Å². The van der Waals surface area contributed by atoms with Crippen LogP contribution in [-0.4, -0.2) is 17.8 Å². The van der Waals surface area contributed by atoms with E-state index in [0.29, 0.717) is 17.1 Å². The van der Waals surface area contributed by atoms with Crippen molar-refractivity contribution < 1.29 is 9.59 Å². The summed E-state index contributed by atoms with van der Waals surface area (Å²) in [5.74, 6) is -0.462. The van der Waals surface area contributed by atoms with Gasteiger partial charge in [0, 0.05) is 5.02 Å². The molecule has 1 saturated heterocycles. The van der Waals surface area contributed by atoms with Gasteiger partial charge in [-0.05, 0) is 37.0 Å². The van der Waals surface area contributed by atoms with Gasteiger partial charge in [-0.25, -0.2) is 4.99 Å². The molecule has 0 saturated carbocycles. The molecule has 1 heterocycles. The highest BCUT2D eigenvalue weighted by atomic mass is 35.5. The molecule has 5 nitrogen and oxygen atoms in total. The van der Waals surface area contributed by atoms with E-state index >= 15 is 0 Å². The highest BCUT2D eigenvalue weighted by molar-refractivity contribution is 6.30. The van der Waals surface area contributed by atoms with Crippen LogP contribution in [0.1, 0.15) is 40.0 Å². The molecule has 2 amide bonds. The fourth-order valence-corrected chi connectivity index (χ4v) is 3.28. The average molecular weight is 336 g/mol. The predicted molar refractivity (Wildman–Crippen MR) is 91.6 cm³/mol. The number of nitrogens with zero attached hydrogens (tertiary/aromatic N) is 1. The largest absolute Gasteiger partial charge is 0.295 e. The van der Waals surface area contributed by atoms with Gasteiger partial charge in [0.05, 0.1) is 5.69 Å². The van der Waals surface area contributed by atoms with Crippen LogP contribution >= 0.6 is 11.6 Å². The van der Waals surface area contributed by atoms with Gasteiger partial charge in [-0.1, -0.05) is 44.9 Å². The molecule has 0 spiro atoms. The Hall–Kier alpha value is -1.88. The minimum absolute atomic E-state index is 0.0368. The van der Waals surface area contributed by atoms with Crippen LogP contribution in [0.5, 0.6) is 0 Å². The molecule has 6 heteroatoms. The maximum atomic E-state index is 12.7. The Balaban J connectivity index is 2.28. The maximum absolute atomic E-state index is 12.7. The smallest absolute Gasteiger partial charge is 0.242 e. The summed E-state index contributed by atoms with van der Waals surface area (Å²) in [6.07, 6.45) is 2.19. The average Bonchev–Trinajstić information content (AvgIpc) is 2.48. The number of hydrogen-bond acceptors (Lipinski definition) is 3. The lowest BCUT2D eigenvalue weighted by molar-refractivity contribution is -0.147. The van der Waals surface area contributed by atoms with Crippen LogP contribution in [0.25, 0.3) is 0 Å². The second-order valence-electron chi connectivity index (χ2n) is 5.86. The first-order chi connectivity index (χ1) is 10.9. The number of benzene rings is 1. The van der Waals surface area contributed by atoms with Gasteiger partial charge in [0.15, 0.2) is 0 Å². The number of amides is 2. The van der Waals surface area contributed by atoms with Crippen LogP contribution in [0.2, 0.25) is 5.02 Å². The molecule has 0 aliphatic carbocycles. The highest BCUT2D eigenvalue weighted by Crippen LogP contribution is 2.36. The van der Waals surface area contributed by atoms with Crippen molar-refractivity contribution in [3.63, 3.8) is 0 Å². The predicted octanol–water partition coefficient (Wildman–Crippen LogP) is 3.41. The van der Waals surface area contributed by atoms with E-state index in [1.165, 1.54) is 0 Å². The van der Waals surface area contributed by atoms with Crippen LogP contribution < -0.4 is 10.6 Å². The minimum Gasteiger partial charge on any atom is -0.295 e. The zero-order chi connectivity index (χ0) is 17.0. The van der Waals surface area contributed by atoms with E-state index in [0.717, 1.165) is 12.8 Å². The third-order valence-electron chi connectivity index (χ3n) is 4.44. The third-order valence-corrected chi connectivity index (χ3v) is 4.68. The Kier molecular flexibility index (Phi) is 5.42. The fourth-order valence-electron chi connectivity index (χ4n) is 3.10. The van der Waals surface area contributed by atoms with E-state index in [4.69, 9.17) is 11.6 Å². The van der Waals surface area contributed by atoms with Crippen LogP contribution in [-0.2, 0) is 9.59 Å². The highest BCUT2D eigenvalue weighted by Gasteiger charge is 2.51. The number of carbonyl (C=O) groups is 2. The topological polar surface area (TPSA) is 70.6 Å². The molecule has 23 heavy (non-hydrogen) atoms. The third kappa shape index (κ3) is 3.39. The maximum Gasteiger partial charge on any atom is 0.242 e. The van der Waals surface area contributed by atoms with Crippen LogP contribution in [0, 0.1) is 11.3 Å². The molecule has 1 aliphatic rings. The van der Waals surface area contributed by atoms with Crippen molar-refractivity contribution in [2.75, 3.05) is 0 Å². The summed E-state index contributed by atoms with van der Waals surface area (Å²) in [5, 5.41) is 6.01. The summed E-state index contributed by atoms with van der Waals surface area (Å²) in [6, 6.07) is 6.90. The number of carbonyl (C=O) groups excluding carboxylic acids is 2. The van der Waals surface area contributed by atoms with Crippen molar-refractivity contribution in [2.24, 2.45) is 16.3 Å². The number of rotatable bonds is 5. The van der Waals surface area contributed by atoms with Crippen molar-refractivity contribution in [2.45, 2.75) is 40.0 Å². The van der Waals surface area contributed by atoms with Crippen LogP contribution in [0.4, 0.5) is 5.69 Å². The van der Waals surface area contributed by atoms with Crippen molar-refractivity contribution in [3.8, 4) is 0 Å². The monoisotopic (exact) mass is 335 g/mol. The van der Waals surface area contributed by atoms with Gasteiger partial charge in [0.2, 0.25) is 17.8 Å². The van der Waals surface area contributed by atoms with Crippen molar-refractivity contribution in [1.82, 2.24) is 10.6 Å². The molecule has 2 rings (SSSR count).